The monoisotopic (exact) mass is 361 g/mol. The first kappa shape index (κ1) is 16.1. The maximum atomic E-state index is 5.97. The van der Waals surface area contributed by atoms with E-state index in [-0.39, 0.29) is 6.10 Å². The van der Waals surface area contributed by atoms with Crippen LogP contribution in [-0.2, 0) is 4.74 Å². The van der Waals surface area contributed by atoms with Crippen LogP contribution in [0, 0.1) is 0 Å². The number of ether oxygens (including phenoxy) is 2. The van der Waals surface area contributed by atoms with Crippen LogP contribution in [0.1, 0.15) is 26.7 Å². The summed E-state index contributed by atoms with van der Waals surface area (Å²) in [5, 5.41) is 4.10. The highest BCUT2D eigenvalue weighted by Crippen LogP contribution is 2.29. The molecule has 0 spiro atoms. The van der Waals surface area contributed by atoms with Crippen LogP contribution in [0.25, 0.3) is 0 Å². The standard InChI is InChI=1S/C15H21BrClNO2/c1-10(2)18-8-12-4-5-13(20-12)9-19-15-6-3-11(17)7-14(15)16/h3,6-7,10,12-13,18H,4-5,8-9H2,1-2H3. The zero-order valence-corrected chi connectivity index (χ0v) is 14.2. The molecule has 0 saturated carbocycles. The van der Waals surface area contributed by atoms with Crippen molar-refractivity contribution < 1.29 is 9.47 Å². The van der Waals surface area contributed by atoms with Crippen LogP contribution in [0.2, 0.25) is 5.02 Å². The van der Waals surface area contributed by atoms with E-state index in [1.807, 2.05) is 18.2 Å². The van der Waals surface area contributed by atoms with Crippen molar-refractivity contribution in [2.45, 2.75) is 44.9 Å². The summed E-state index contributed by atoms with van der Waals surface area (Å²) in [5.41, 5.74) is 0. The Morgan fingerprint density at radius 2 is 2.15 bits per heavy atom. The summed E-state index contributed by atoms with van der Waals surface area (Å²) in [7, 11) is 0. The van der Waals surface area contributed by atoms with Crippen LogP contribution in [0.3, 0.4) is 0 Å². The summed E-state index contributed by atoms with van der Waals surface area (Å²) in [6.07, 6.45) is 2.63. The molecule has 3 nitrogen and oxygen atoms in total. The summed E-state index contributed by atoms with van der Waals surface area (Å²) >= 11 is 9.36. The summed E-state index contributed by atoms with van der Waals surface area (Å²) < 4.78 is 12.6. The number of benzene rings is 1. The molecule has 0 aromatic heterocycles. The normalized spacial score (nSPS) is 22.4. The van der Waals surface area contributed by atoms with Gasteiger partial charge in [-0.25, -0.2) is 0 Å². The van der Waals surface area contributed by atoms with Gasteiger partial charge in [0.25, 0.3) is 0 Å². The zero-order valence-electron chi connectivity index (χ0n) is 11.9. The number of rotatable bonds is 6. The van der Waals surface area contributed by atoms with E-state index in [9.17, 15) is 0 Å². The molecule has 2 rings (SSSR count). The molecule has 1 aromatic rings. The summed E-state index contributed by atoms with van der Waals surface area (Å²) in [6, 6.07) is 6.03. The molecule has 1 N–H and O–H groups in total. The van der Waals surface area contributed by atoms with E-state index in [4.69, 9.17) is 21.1 Å². The minimum atomic E-state index is 0.177. The third kappa shape index (κ3) is 4.92. The number of hydrogen-bond donors (Lipinski definition) is 1. The average molecular weight is 363 g/mol. The zero-order chi connectivity index (χ0) is 14.5. The minimum Gasteiger partial charge on any atom is -0.490 e. The molecule has 20 heavy (non-hydrogen) atoms. The Balaban J connectivity index is 1.75. The van der Waals surface area contributed by atoms with Crippen molar-refractivity contribution >= 4 is 27.5 Å². The molecule has 2 unspecified atom stereocenters. The minimum absolute atomic E-state index is 0.177. The van der Waals surface area contributed by atoms with Gasteiger partial charge in [0.1, 0.15) is 12.4 Å². The topological polar surface area (TPSA) is 30.5 Å². The number of nitrogens with one attached hydrogen (secondary N) is 1. The van der Waals surface area contributed by atoms with Crippen molar-refractivity contribution in [1.82, 2.24) is 5.32 Å². The third-order valence-electron chi connectivity index (χ3n) is 3.27. The quantitative estimate of drug-likeness (QED) is 0.829. The Morgan fingerprint density at radius 1 is 1.40 bits per heavy atom. The molecule has 0 amide bonds. The fraction of sp³-hybridized carbons (Fsp3) is 0.600. The molecule has 5 heteroatoms. The first-order chi connectivity index (χ1) is 9.54. The average Bonchev–Trinajstić information content (AvgIpc) is 2.83. The summed E-state index contributed by atoms with van der Waals surface area (Å²) in [5.74, 6) is 0.807. The van der Waals surface area contributed by atoms with Crippen molar-refractivity contribution in [3.8, 4) is 5.75 Å². The third-order valence-corrected chi connectivity index (χ3v) is 4.12. The van der Waals surface area contributed by atoms with E-state index in [1.54, 1.807) is 0 Å². The predicted octanol–water partition coefficient (Wildman–Crippen LogP) is 4.03. The molecular formula is C15H21BrClNO2. The fourth-order valence-corrected chi connectivity index (χ4v) is 2.99. The number of halogens is 2. The lowest BCUT2D eigenvalue weighted by atomic mass is 10.2. The molecule has 0 bridgehead atoms. The van der Waals surface area contributed by atoms with Gasteiger partial charge in [0.05, 0.1) is 16.7 Å². The SMILES string of the molecule is CC(C)NCC1CCC(COc2ccc(Cl)cc2Br)O1. The van der Waals surface area contributed by atoms with E-state index >= 15 is 0 Å². The van der Waals surface area contributed by atoms with Crippen molar-refractivity contribution in [2.24, 2.45) is 0 Å². The molecule has 0 radical (unpaired) electrons. The van der Waals surface area contributed by atoms with E-state index < -0.39 is 0 Å². The predicted molar refractivity (Wildman–Crippen MR) is 85.7 cm³/mol. The Bertz CT molecular complexity index is 442. The highest BCUT2D eigenvalue weighted by Gasteiger charge is 2.25. The van der Waals surface area contributed by atoms with Crippen LogP contribution in [-0.4, -0.2) is 31.4 Å². The molecule has 1 fully saturated rings. The van der Waals surface area contributed by atoms with Crippen LogP contribution >= 0.6 is 27.5 Å². The van der Waals surface area contributed by atoms with E-state index in [1.165, 1.54) is 0 Å². The van der Waals surface area contributed by atoms with E-state index in [2.05, 4.69) is 35.1 Å². The first-order valence-corrected chi connectivity index (χ1v) is 8.18. The van der Waals surface area contributed by atoms with Crippen LogP contribution in [0.15, 0.2) is 22.7 Å². The van der Waals surface area contributed by atoms with Gasteiger partial charge in [-0.2, -0.15) is 0 Å². The Morgan fingerprint density at radius 3 is 2.85 bits per heavy atom. The molecule has 112 valence electrons. The highest BCUT2D eigenvalue weighted by atomic mass is 79.9. The van der Waals surface area contributed by atoms with Gasteiger partial charge in [0, 0.05) is 17.6 Å². The molecule has 1 aliphatic heterocycles. The van der Waals surface area contributed by atoms with E-state index in [0.29, 0.717) is 23.8 Å². The summed E-state index contributed by atoms with van der Waals surface area (Å²) in [4.78, 5) is 0. The summed E-state index contributed by atoms with van der Waals surface area (Å²) in [6.45, 7) is 5.79. The van der Waals surface area contributed by atoms with Crippen molar-refractivity contribution in [3.63, 3.8) is 0 Å². The van der Waals surface area contributed by atoms with Gasteiger partial charge in [-0.3, -0.25) is 0 Å². The molecular weight excluding hydrogens is 342 g/mol. The second-order valence-corrected chi connectivity index (χ2v) is 6.70. The second kappa shape index (κ2) is 7.64. The van der Waals surface area contributed by atoms with Gasteiger partial charge in [0.2, 0.25) is 0 Å². The maximum absolute atomic E-state index is 5.97. The lowest BCUT2D eigenvalue weighted by molar-refractivity contribution is 0.0177. The van der Waals surface area contributed by atoms with Gasteiger partial charge in [-0.15, -0.1) is 0 Å². The smallest absolute Gasteiger partial charge is 0.133 e. The Kier molecular flexibility index (Phi) is 6.15. The lowest BCUT2D eigenvalue weighted by Crippen LogP contribution is -2.32. The maximum Gasteiger partial charge on any atom is 0.133 e. The van der Waals surface area contributed by atoms with Gasteiger partial charge in [-0.1, -0.05) is 25.4 Å². The largest absolute Gasteiger partial charge is 0.490 e. The van der Waals surface area contributed by atoms with Gasteiger partial charge >= 0.3 is 0 Å². The van der Waals surface area contributed by atoms with Gasteiger partial charge < -0.3 is 14.8 Å². The van der Waals surface area contributed by atoms with Crippen LogP contribution in [0.5, 0.6) is 5.75 Å². The first-order valence-electron chi connectivity index (χ1n) is 7.01. The Hall–Kier alpha value is -0.290. The van der Waals surface area contributed by atoms with Crippen LogP contribution < -0.4 is 10.1 Å². The molecule has 1 aliphatic rings. The van der Waals surface area contributed by atoms with E-state index in [0.717, 1.165) is 29.6 Å². The van der Waals surface area contributed by atoms with Crippen molar-refractivity contribution in [3.05, 3.63) is 27.7 Å². The molecule has 0 aliphatic carbocycles. The van der Waals surface area contributed by atoms with Crippen molar-refractivity contribution in [1.29, 1.82) is 0 Å². The Labute approximate surface area is 134 Å². The fourth-order valence-electron chi connectivity index (χ4n) is 2.19. The highest BCUT2D eigenvalue weighted by molar-refractivity contribution is 9.10. The van der Waals surface area contributed by atoms with Crippen LogP contribution in [0.4, 0.5) is 0 Å². The van der Waals surface area contributed by atoms with Gasteiger partial charge in [-0.05, 0) is 47.0 Å². The molecule has 2 atom stereocenters. The van der Waals surface area contributed by atoms with Crippen molar-refractivity contribution in [2.75, 3.05) is 13.2 Å². The van der Waals surface area contributed by atoms with Gasteiger partial charge in [0.15, 0.2) is 0 Å². The number of hydrogen-bond acceptors (Lipinski definition) is 3. The molecule has 1 aromatic carbocycles. The second-order valence-electron chi connectivity index (χ2n) is 5.41. The molecule has 1 heterocycles. The lowest BCUT2D eigenvalue weighted by Gasteiger charge is -2.17. The molecule has 1 saturated heterocycles.